The molecule has 3 rings (SSSR count). The van der Waals surface area contributed by atoms with Gasteiger partial charge in [-0.15, -0.1) is 0 Å². The Labute approximate surface area is 152 Å². The van der Waals surface area contributed by atoms with Crippen LogP contribution in [0.2, 0.25) is 0 Å². The lowest BCUT2D eigenvalue weighted by molar-refractivity contribution is -0.134. The molecule has 1 aromatic heterocycles. The van der Waals surface area contributed by atoms with Crippen molar-refractivity contribution >= 4 is 22.8 Å². The van der Waals surface area contributed by atoms with Gasteiger partial charge in [-0.05, 0) is 39.0 Å². The number of nitrogens with one attached hydrogen (secondary N) is 1. The van der Waals surface area contributed by atoms with Gasteiger partial charge in [0.25, 0.3) is 0 Å². The van der Waals surface area contributed by atoms with E-state index in [1.54, 1.807) is 22.9 Å². The smallest absolute Gasteiger partial charge is 0.227 e. The zero-order valence-corrected chi connectivity index (χ0v) is 15.7. The number of amides is 2. The molecule has 1 atom stereocenters. The topological polar surface area (TPSA) is 69.3 Å². The first-order chi connectivity index (χ1) is 12.1. The summed E-state index contributed by atoms with van der Waals surface area (Å²) in [5, 5.41) is 0. The van der Waals surface area contributed by atoms with Crippen LogP contribution >= 0.6 is 0 Å². The quantitative estimate of drug-likeness (QED) is 0.910. The number of fused-ring (bicyclic) bond motifs is 1. The van der Waals surface area contributed by atoms with Gasteiger partial charge >= 0.3 is 0 Å². The van der Waals surface area contributed by atoms with Crippen LogP contribution in [-0.4, -0.2) is 57.3 Å². The molecule has 1 fully saturated rings. The van der Waals surface area contributed by atoms with Gasteiger partial charge in [0.05, 0.1) is 17.0 Å². The molecule has 0 spiro atoms. The van der Waals surface area contributed by atoms with Crippen molar-refractivity contribution in [2.75, 3.05) is 20.1 Å². The normalized spacial score (nSPS) is 18.0. The second-order valence-electron chi connectivity index (χ2n) is 7.93. The molecule has 26 heavy (non-hydrogen) atoms. The summed E-state index contributed by atoms with van der Waals surface area (Å²) in [6.07, 6.45) is 0.812. The van der Waals surface area contributed by atoms with Crippen molar-refractivity contribution in [2.45, 2.75) is 39.2 Å². The molecule has 6 nitrogen and oxygen atoms in total. The van der Waals surface area contributed by atoms with Crippen LogP contribution in [0, 0.1) is 11.7 Å². The number of imidazole rings is 1. The maximum Gasteiger partial charge on any atom is 0.227 e. The fourth-order valence-corrected chi connectivity index (χ4v) is 3.37. The third kappa shape index (κ3) is 3.71. The largest absolute Gasteiger partial charge is 0.345 e. The van der Waals surface area contributed by atoms with Crippen molar-refractivity contribution in [2.24, 2.45) is 5.92 Å². The van der Waals surface area contributed by atoms with E-state index >= 15 is 0 Å². The van der Waals surface area contributed by atoms with Gasteiger partial charge in [0, 0.05) is 38.5 Å². The Morgan fingerprint density at radius 3 is 2.81 bits per heavy atom. The molecule has 2 aromatic rings. The van der Waals surface area contributed by atoms with Crippen LogP contribution in [0.25, 0.3) is 11.0 Å². The molecule has 0 unspecified atom stereocenters. The lowest BCUT2D eigenvalue weighted by Crippen LogP contribution is -2.43. The van der Waals surface area contributed by atoms with E-state index in [4.69, 9.17) is 0 Å². The van der Waals surface area contributed by atoms with Gasteiger partial charge in [-0.2, -0.15) is 0 Å². The molecular formula is C19H25FN4O2. The van der Waals surface area contributed by atoms with Crippen LogP contribution in [0.5, 0.6) is 0 Å². The van der Waals surface area contributed by atoms with Gasteiger partial charge in [-0.1, -0.05) is 0 Å². The number of benzene rings is 1. The number of halogens is 1. The van der Waals surface area contributed by atoms with Crippen molar-refractivity contribution in [3.8, 4) is 0 Å². The van der Waals surface area contributed by atoms with Crippen LogP contribution in [0.1, 0.15) is 33.0 Å². The number of aromatic nitrogens is 2. The number of H-pyrrole nitrogens is 1. The number of likely N-dealkylation sites (tertiary alicyclic amines) is 1. The zero-order chi connectivity index (χ0) is 19.1. The van der Waals surface area contributed by atoms with Crippen LogP contribution in [0.15, 0.2) is 18.2 Å². The Morgan fingerprint density at radius 2 is 2.15 bits per heavy atom. The Hall–Kier alpha value is -2.44. The number of carbonyl (C=O) groups excluding carboxylic acids is 2. The first-order valence-electron chi connectivity index (χ1n) is 8.85. The number of hydrogen-bond acceptors (Lipinski definition) is 3. The third-order valence-electron chi connectivity index (χ3n) is 4.84. The van der Waals surface area contributed by atoms with Crippen molar-refractivity contribution < 1.29 is 14.0 Å². The summed E-state index contributed by atoms with van der Waals surface area (Å²) in [5.41, 5.74) is 1.09. The summed E-state index contributed by atoms with van der Waals surface area (Å²) in [4.78, 5) is 35.8. The van der Waals surface area contributed by atoms with E-state index in [9.17, 15) is 14.0 Å². The van der Waals surface area contributed by atoms with Crippen molar-refractivity contribution in [1.29, 1.82) is 0 Å². The van der Waals surface area contributed by atoms with E-state index in [2.05, 4.69) is 9.97 Å². The van der Waals surface area contributed by atoms with Gasteiger partial charge < -0.3 is 14.8 Å². The van der Waals surface area contributed by atoms with E-state index in [1.807, 2.05) is 20.8 Å². The molecular weight excluding hydrogens is 335 g/mol. The third-order valence-corrected chi connectivity index (χ3v) is 4.84. The summed E-state index contributed by atoms with van der Waals surface area (Å²) in [6, 6.07) is 4.41. The lowest BCUT2D eigenvalue weighted by atomic mass is 10.1. The maximum absolute atomic E-state index is 13.3. The van der Waals surface area contributed by atoms with Crippen LogP contribution in [0.3, 0.4) is 0 Å². The number of carbonyl (C=O) groups is 2. The van der Waals surface area contributed by atoms with E-state index in [1.165, 1.54) is 12.1 Å². The summed E-state index contributed by atoms with van der Waals surface area (Å²) in [5.74, 6) is 0.116. The molecule has 0 bridgehead atoms. The Morgan fingerprint density at radius 1 is 1.42 bits per heavy atom. The molecule has 2 heterocycles. The average Bonchev–Trinajstić information content (AvgIpc) is 3.14. The molecule has 140 valence electrons. The van der Waals surface area contributed by atoms with Gasteiger partial charge in [0.2, 0.25) is 11.8 Å². The van der Waals surface area contributed by atoms with E-state index in [-0.39, 0.29) is 35.5 Å². The predicted molar refractivity (Wildman–Crippen MR) is 97.0 cm³/mol. The molecule has 1 N–H and O–H groups in total. The highest BCUT2D eigenvalue weighted by Gasteiger charge is 2.40. The van der Waals surface area contributed by atoms with Crippen LogP contribution < -0.4 is 0 Å². The van der Waals surface area contributed by atoms with Crippen LogP contribution in [-0.2, 0) is 16.0 Å². The summed E-state index contributed by atoms with van der Waals surface area (Å²) >= 11 is 0. The fourth-order valence-electron chi connectivity index (χ4n) is 3.37. The molecule has 1 saturated heterocycles. The fraction of sp³-hybridized carbons (Fsp3) is 0.526. The van der Waals surface area contributed by atoms with Crippen molar-refractivity contribution in [1.82, 2.24) is 19.8 Å². The van der Waals surface area contributed by atoms with E-state index in [0.717, 1.165) is 0 Å². The maximum atomic E-state index is 13.3. The Balaban J connectivity index is 1.60. The summed E-state index contributed by atoms with van der Waals surface area (Å²) in [6.45, 7) is 6.89. The zero-order valence-electron chi connectivity index (χ0n) is 15.7. The first-order valence-corrected chi connectivity index (χ1v) is 8.85. The SMILES string of the molecule is CN(CCc1nc2ccc(F)cc2[nH]1)C(=O)[C@@H]1CC(=O)N(C(C)(C)C)C1. The van der Waals surface area contributed by atoms with E-state index < -0.39 is 0 Å². The van der Waals surface area contributed by atoms with Gasteiger partial charge in [0.1, 0.15) is 11.6 Å². The van der Waals surface area contributed by atoms with Gasteiger partial charge in [0.15, 0.2) is 0 Å². The molecule has 0 saturated carbocycles. The minimum atomic E-state index is -0.311. The second-order valence-corrected chi connectivity index (χ2v) is 7.93. The van der Waals surface area contributed by atoms with Gasteiger partial charge in [-0.3, -0.25) is 9.59 Å². The molecule has 1 aliphatic rings. The Bertz CT molecular complexity index is 840. The number of likely N-dealkylation sites (N-methyl/N-ethyl adjacent to an activating group) is 1. The van der Waals surface area contributed by atoms with Crippen molar-refractivity contribution in [3.05, 3.63) is 29.8 Å². The molecule has 7 heteroatoms. The molecule has 1 aromatic carbocycles. The van der Waals surface area contributed by atoms with Crippen molar-refractivity contribution in [3.63, 3.8) is 0 Å². The summed E-state index contributed by atoms with van der Waals surface area (Å²) in [7, 11) is 1.74. The summed E-state index contributed by atoms with van der Waals surface area (Å²) < 4.78 is 13.3. The number of nitrogens with zero attached hydrogens (tertiary/aromatic N) is 3. The highest BCUT2D eigenvalue weighted by molar-refractivity contribution is 5.89. The van der Waals surface area contributed by atoms with Crippen LogP contribution in [0.4, 0.5) is 4.39 Å². The minimum absolute atomic E-state index is 0.0211. The van der Waals surface area contributed by atoms with E-state index in [0.29, 0.717) is 36.4 Å². The Kier molecular flexibility index (Phi) is 4.73. The lowest BCUT2D eigenvalue weighted by Gasteiger charge is -2.32. The average molecular weight is 360 g/mol. The highest BCUT2D eigenvalue weighted by Crippen LogP contribution is 2.26. The highest BCUT2D eigenvalue weighted by atomic mass is 19.1. The number of rotatable bonds is 4. The predicted octanol–water partition coefficient (Wildman–Crippen LogP) is 2.35. The van der Waals surface area contributed by atoms with Gasteiger partial charge in [-0.25, -0.2) is 9.37 Å². The second kappa shape index (κ2) is 6.70. The molecule has 2 amide bonds. The minimum Gasteiger partial charge on any atom is -0.345 e. The number of aromatic amines is 1. The first kappa shape index (κ1) is 18.4. The standard InChI is InChI=1S/C19H25FN4O2/c1-19(2,3)24-11-12(9-17(24)25)18(26)23(4)8-7-16-21-14-6-5-13(20)10-15(14)22-16/h5-6,10,12H,7-9,11H2,1-4H3,(H,21,22)/t12-/m1/s1. The molecule has 0 radical (unpaired) electrons. The monoisotopic (exact) mass is 360 g/mol. The molecule has 0 aliphatic carbocycles. The number of hydrogen-bond donors (Lipinski definition) is 1. The molecule has 1 aliphatic heterocycles.